The van der Waals surface area contributed by atoms with Gasteiger partial charge in [0.1, 0.15) is 16.8 Å². The molecule has 1 fully saturated rings. The van der Waals surface area contributed by atoms with E-state index in [4.69, 9.17) is 11.6 Å². The van der Waals surface area contributed by atoms with E-state index in [1.165, 1.54) is 0 Å². The number of nitrogens with zero attached hydrogens (tertiary/aromatic N) is 3. The molecule has 18 heavy (non-hydrogen) atoms. The van der Waals surface area contributed by atoms with Crippen LogP contribution in [0.15, 0.2) is 0 Å². The number of carbonyl (C=O) groups excluding carboxylic acids is 1. The fourth-order valence-corrected chi connectivity index (χ4v) is 2.65. The Hall–Kier alpha value is -1.16. The van der Waals surface area contributed by atoms with E-state index in [2.05, 4.69) is 28.7 Å². The summed E-state index contributed by atoms with van der Waals surface area (Å²) in [6.45, 7) is 8.11. The molecule has 1 atom stereocenters. The van der Waals surface area contributed by atoms with E-state index in [1.54, 1.807) is 6.92 Å². The Morgan fingerprint density at radius 3 is 2.72 bits per heavy atom. The normalized spacial score (nSPS) is 19.6. The number of carbonyl (C=O) groups is 1. The zero-order valence-corrected chi connectivity index (χ0v) is 11.7. The molecule has 1 saturated heterocycles. The highest BCUT2D eigenvalue weighted by molar-refractivity contribution is 6.32. The third-order valence-electron chi connectivity index (χ3n) is 3.58. The Kier molecular flexibility index (Phi) is 3.85. The van der Waals surface area contributed by atoms with Crippen LogP contribution in [0, 0.1) is 18.8 Å². The SMILES string of the molecule is Cc1nc(Cl)c(C=O)c(N2CCC(C(C)C)C2)n1. The number of rotatable bonds is 3. The molecule has 0 spiro atoms. The van der Waals surface area contributed by atoms with Gasteiger partial charge in [0.2, 0.25) is 0 Å². The molecule has 2 rings (SSSR count). The predicted molar refractivity (Wildman–Crippen MR) is 72.3 cm³/mol. The van der Waals surface area contributed by atoms with Crippen molar-refractivity contribution in [2.45, 2.75) is 27.2 Å². The van der Waals surface area contributed by atoms with Crippen LogP contribution in [0.4, 0.5) is 5.82 Å². The number of aromatic nitrogens is 2. The molecular formula is C13H18ClN3O. The summed E-state index contributed by atoms with van der Waals surface area (Å²) in [5, 5.41) is 0.250. The topological polar surface area (TPSA) is 46.1 Å². The van der Waals surface area contributed by atoms with Crippen LogP contribution >= 0.6 is 11.6 Å². The number of hydrogen-bond donors (Lipinski definition) is 0. The molecule has 1 aromatic rings. The smallest absolute Gasteiger partial charge is 0.156 e. The minimum Gasteiger partial charge on any atom is -0.356 e. The van der Waals surface area contributed by atoms with Crippen LogP contribution < -0.4 is 4.90 Å². The second-order valence-electron chi connectivity index (χ2n) is 5.16. The van der Waals surface area contributed by atoms with Gasteiger partial charge in [-0.2, -0.15) is 0 Å². The van der Waals surface area contributed by atoms with Crippen molar-refractivity contribution in [1.82, 2.24) is 9.97 Å². The number of hydrogen-bond acceptors (Lipinski definition) is 4. The second-order valence-corrected chi connectivity index (χ2v) is 5.51. The Labute approximate surface area is 112 Å². The van der Waals surface area contributed by atoms with Crippen molar-refractivity contribution >= 4 is 23.7 Å². The van der Waals surface area contributed by atoms with Gasteiger partial charge >= 0.3 is 0 Å². The summed E-state index contributed by atoms with van der Waals surface area (Å²) in [7, 11) is 0. The highest BCUT2D eigenvalue weighted by Crippen LogP contribution is 2.30. The van der Waals surface area contributed by atoms with Crippen molar-refractivity contribution in [1.29, 1.82) is 0 Å². The van der Waals surface area contributed by atoms with Crippen LogP contribution in [0.2, 0.25) is 5.15 Å². The quantitative estimate of drug-likeness (QED) is 0.624. The van der Waals surface area contributed by atoms with Gasteiger partial charge in [-0.15, -0.1) is 0 Å². The highest BCUT2D eigenvalue weighted by atomic mass is 35.5. The van der Waals surface area contributed by atoms with E-state index in [0.29, 0.717) is 29.0 Å². The van der Waals surface area contributed by atoms with Gasteiger partial charge in [0.05, 0.1) is 5.56 Å². The second kappa shape index (κ2) is 5.22. The molecule has 0 bridgehead atoms. The van der Waals surface area contributed by atoms with Crippen LogP contribution in [0.25, 0.3) is 0 Å². The minimum atomic E-state index is 0.250. The van der Waals surface area contributed by atoms with E-state index < -0.39 is 0 Å². The molecule has 0 amide bonds. The first-order valence-electron chi connectivity index (χ1n) is 6.27. The van der Waals surface area contributed by atoms with Crippen molar-refractivity contribution in [3.05, 3.63) is 16.5 Å². The molecule has 2 heterocycles. The Bertz CT molecular complexity index is 462. The van der Waals surface area contributed by atoms with E-state index in [1.807, 2.05) is 0 Å². The predicted octanol–water partition coefficient (Wildman–Crippen LogP) is 2.73. The Morgan fingerprint density at radius 2 is 2.17 bits per heavy atom. The minimum absolute atomic E-state index is 0.250. The summed E-state index contributed by atoms with van der Waals surface area (Å²) in [4.78, 5) is 21.7. The van der Waals surface area contributed by atoms with Gasteiger partial charge in [0.15, 0.2) is 6.29 Å². The molecule has 0 radical (unpaired) electrons. The van der Waals surface area contributed by atoms with E-state index in [0.717, 1.165) is 25.8 Å². The lowest BCUT2D eigenvalue weighted by molar-refractivity contribution is 0.112. The first-order valence-corrected chi connectivity index (χ1v) is 6.65. The van der Waals surface area contributed by atoms with Gasteiger partial charge in [-0.1, -0.05) is 25.4 Å². The number of halogens is 1. The molecule has 0 N–H and O–H groups in total. The zero-order valence-electron chi connectivity index (χ0n) is 11.0. The van der Waals surface area contributed by atoms with Gasteiger partial charge in [-0.3, -0.25) is 4.79 Å². The van der Waals surface area contributed by atoms with Crippen LogP contribution in [0.3, 0.4) is 0 Å². The fourth-order valence-electron chi connectivity index (χ4n) is 2.40. The van der Waals surface area contributed by atoms with Crippen molar-refractivity contribution in [2.75, 3.05) is 18.0 Å². The molecule has 1 aliphatic rings. The zero-order chi connectivity index (χ0) is 13.3. The lowest BCUT2D eigenvalue weighted by Crippen LogP contribution is -2.24. The average molecular weight is 268 g/mol. The largest absolute Gasteiger partial charge is 0.356 e. The van der Waals surface area contributed by atoms with Crippen LogP contribution in [0.5, 0.6) is 0 Å². The summed E-state index contributed by atoms with van der Waals surface area (Å²) >= 11 is 6.00. The third kappa shape index (κ3) is 2.48. The van der Waals surface area contributed by atoms with Crippen molar-refractivity contribution in [3.63, 3.8) is 0 Å². The molecule has 1 unspecified atom stereocenters. The molecule has 5 heteroatoms. The summed E-state index contributed by atoms with van der Waals surface area (Å²) in [6.07, 6.45) is 1.89. The number of aryl methyl sites for hydroxylation is 1. The molecule has 0 aliphatic carbocycles. The van der Waals surface area contributed by atoms with Crippen molar-refractivity contribution < 1.29 is 4.79 Å². The fraction of sp³-hybridized carbons (Fsp3) is 0.615. The number of anilines is 1. The monoisotopic (exact) mass is 267 g/mol. The Morgan fingerprint density at radius 1 is 1.44 bits per heavy atom. The summed E-state index contributed by atoms with van der Waals surface area (Å²) in [5.41, 5.74) is 0.409. The molecule has 0 saturated carbocycles. The first kappa shape index (κ1) is 13.3. The first-order chi connectivity index (χ1) is 8.52. The molecule has 0 aromatic carbocycles. The highest BCUT2D eigenvalue weighted by Gasteiger charge is 2.28. The van der Waals surface area contributed by atoms with Crippen LogP contribution in [0.1, 0.15) is 36.5 Å². The van der Waals surface area contributed by atoms with Gasteiger partial charge in [-0.05, 0) is 25.2 Å². The third-order valence-corrected chi connectivity index (χ3v) is 3.86. The molecule has 98 valence electrons. The average Bonchev–Trinajstić information content (AvgIpc) is 2.77. The molecule has 1 aromatic heterocycles. The van der Waals surface area contributed by atoms with Crippen molar-refractivity contribution in [2.24, 2.45) is 11.8 Å². The summed E-state index contributed by atoms with van der Waals surface area (Å²) < 4.78 is 0. The van der Waals surface area contributed by atoms with Crippen LogP contribution in [-0.2, 0) is 0 Å². The van der Waals surface area contributed by atoms with Gasteiger partial charge in [0, 0.05) is 13.1 Å². The van der Waals surface area contributed by atoms with E-state index >= 15 is 0 Å². The van der Waals surface area contributed by atoms with Gasteiger partial charge in [0.25, 0.3) is 0 Å². The Balaban J connectivity index is 2.31. The summed E-state index contributed by atoms with van der Waals surface area (Å²) in [6, 6.07) is 0. The lowest BCUT2D eigenvalue weighted by atomic mass is 9.95. The molecule has 4 nitrogen and oxygen atoms in total. The molecule has 1 aliphatic heterocycles. The van der Waals surface area contributed by atoms with Crippen LogP contribution in [-0.4, -0.2) is 29.3 Å². The maximum atomic E-state index is 11.1. The lowest BCUT2D eigenvalue weighted by Gasteiger charge is -2.20. The maximum Gasteiger partial charge on any atom is 0.156 e. The summed E-state index contributed by atoms with van der Waals surface area (Å²) in [5.74, 6) is 2.59. The van der Waals surface area contributed by atoms with Crippen molar-refractivity contribution in [3.8, 4) is 0 Å². The molecular weight excluding hydrogens is 250 g/mol. The van der Waals surface area contributed by atoms with E-state index in [9.17, 15) is 4.79 Å². The van der Waals surface area contributed by atoms with E-state index in [-0.39, 0.29) is 5.15 Å². The standard InChI is InChI=1S/C13H18ClN3O/c1-8(2)10-4-5-17(6-10)13-11(7-18)12(14)15-9(3)16-13/h7-8,10H,4-6H2,1-3H3. The maximum absolute atomic E-state index is 11.1. The van der Waals surface area contributed by atoms with Gasteiger partial charge in [-0.25, -0.2) is 9.97 Å². The van der Waals surface area contributed by atoms with Gasteiger partial charge < -0.3 is 4.90 Å². The number of aldehydes is 1.